The fraction of sp³-hybridized carbons (Fsp3) is 0.438. The summed E-state index contributed by atoms with van der Waals surface area (Å²) < 4.78 is 4.71. The van der Waals surface area contributed by atoms with Crippen molar-refractivity contribution in [1.29, 1.82) is 0 Å². The molecule has 1 rings (SSSR count). The quantitative estimate of drug-likeness (QED) is 0.328. The molecule has 3 N–H and O–H groups in total. The number of benzene rings is 1. The van der Waals surface area contributed by atoms with E-state index in [1.165, 1.54) is 18.7 Å². The largest absolute Gasteiger partial charge is 0.481 e. The Kier molecular flexibility index (Phi) is 5.86. The van der Waals surface area contributed by atoms with Gasteiger partial charge in [0.05, 0.1) is 12.7 Å². The average Bonchev–Trinajstić information content (AvgIpc) is 2.49. The van der Waals surface area contributed by atoms with Crippen LogP contribution in [0.2, 0.25) is 0 Å². The van der Waals surface area contributed by atoms with Gasteiger partial charge in [0.2, 0.25) is 0 Å². The van der Waals surface area contributed by atoms with Gasteiger partial charge in [-0.3, -0.25) is 14.8 Å². The molecule has 0 saturated heterocycles. The van der Waals surface area contributed by atoms with Crippen molar-refractivity contribution in [2.75, 3.05) is 7.11 Å². The lowest BCUT2D eigenvalue weighted by atomic mass is 9.83. The SMILES string of the molecule is COC(=O)c1cc(CC(C(=O)O)C(=O)NO)cc(C(C)(C)C)c1. The number of aliphatic carboxylic acids is 1. The Hall–Kier alpha value is -2.41. The second kappa shape index (κ2) is 7.23. The van der Waals surface area contributed by atoms with E-state index in [1.54, 1.807) is 12.1 Å². The van der Waals surface area contributed by atoms with Crippen LogP contribution < -0.4 is 5.48 Å². The van der Waals surface area contributed by atoms with E-state index in [0.29, 0.717) is 5.56 Å². The number of nitrogens with one attached hydrogen (secondary N) is 1. The number of hydrogen-bond donors (Lipinski definition) is 3. The number of carbonyl (C=O) groups is 3. The lowest BCUT2D eigenvalue weighted by Crippen LogP contribution is -2.35. The Morgan fingerprint density at radius 2 is 1.83 bits per heavy atom. The highest BCUT2D eigenvalue weighted by atomic mass is 16.5. The van der Waals surface area contributed by atoms with Crippen LogP contribution in [0.15, 0.2) is 18.2 Å². The molecule has 0 aliphatic rings. The maximum absolute atomic E-state index is 11.8. The zero-order valence-corrected chi connectivity index (χ0v) is 13.5. The molecule has 1 aromatic carbocycles. The zero-order valence-electron chi connectivity index (χ0n) is 13.5. The van der Waals surface area contributed by atoms with E-state index in [0.717, 1.165) is 5.56 Å². The minimum atomic E-state index is -1.46. The fourth-order valence-corrected chi connectivity index (χ4v) is 2.08. The molecule has 23 heavy (non-hydrogen) atoms. The highest BCUT2D eigenvalue weighted by molar-refractivity contribution is 5.96. The van der Waals surface area contributed by atoms with Gasteiger partial charge in [0, 0.05) is 0 Å². The van der Waals surface area contributed by atoms with E-state index in [-0.39, 0.29) is 17.4 Å². The Balaban J connectivity index is 3.31. The number of ether oxygens (including phenoxy) is 1. The number of amides is 1. The minimum Gasteiger partial charge on any atom is -0.481 e. The average molecular weight is 323 g/mol. The molecular formula is C16H21NO6. The van der Waals surface area contributed by atoms with Crippen molar-refractivity contribution in [3.63, 3.8) is 0 Å². The molecule has 0 heterocycles. The molecule has 0 fully saturated rings. The van der Waals surface area contributed by atoms with Gasteiger partial charge in [-0.2, -0.15) is 0 Å². The van der Waals surface area contributed by atoms with Crippen molar-refractivity contribution in [2.24, 2.45) is 5.92 Å². The Labute approximate surface area is 134 Å². The van der Waals surface area contributed by atoms with Crippen LogP contribution in [0.3, 0.4) is 0 Å². The first-order chi connectivity index (χ1) is 10.6. The molecule has 0 aliphatic heterocycles. The predicted octanol–water partition coefficient (Wildman–Crippen LogP) is 1.52. The number of methoxy groups -OCH3 is 1. The van der Waals surface area contributed by atoms with Gasteiger partial charge in [-0.05, 0) is 35.1 Å². The molecule has 7 heteroatoms. The molecule has 0 bridgehead atoms. The summed E-state index contributed by atoms with van der Waals surface area (Å²) >= 11 is 0. The molecule has 0 spiro atoms. The van der Waals surface area contributed by atoms with Crippen LogP contribution in [0.25, 0.3) is 0 Å². The van der Waals surface area contributed by atoms with Gasteiger partial charge in [-0.1, -0.05) is 26.8 Å². The van der Waals surface area contributed by atoms with E-state index in [1.807, 2.05) is 20.8 Å². The van der Waals surface area contributed by atoms with E-state index < -0.39 is 23.8 Å². The number of esters is 1. The van der Waals surface area contributed by atoms with Crippen molar-refractivity contribution in [2.45, 2.75) is 32.6 Å². The van der Waals surface area contributed by atoms with Crippen molar-refractivity contribution in [1.82, 2.24) is 5.48 Å². The second-order valence-corrected chi connectivity index (χ2v) is 6.23. The number of carboxylic acids is 1. The Bertz CT molecular complexity index is 617. The van der Waals surface area contributed by atoms with Gasteiger partial charge in [0.1, 0.15) is 5.92 Å². The maximum Gasteiger partial charge on any atom is 0.337 e. The highest BCUT2D eigenvalue weighted by Crippen LogP contribution is 2.26. The van der Waals surface area contributed by atoms with Gasteiger partial charge in [0.15, 0.2) is 0 Å². The van der Waals surface area contributed by atoms with E-state index >= 15 is 0 Å². The molecular weight excluding hydrogens is 302 g/mol. The topological polar surface area (TPSA) is 113 Å². The van der Waals surface area contributed by atoms with E-state index in [4.69, 9.17) is 15.1 Å². The van der Waals surface area contributed by atoms with Crippen LogP contribution >= 0.6 is 0 Å². The van der Waals surface area contributed by atoms with Crippen LogP contribution in [0.4, 0.5) is 0 Å². The highest BCUT2D eigenvalue weighted by Gasteiger charge is 2.27. The number of hydrogen-bond acceptors (Lipinski definition) is 5. The second-order valence-electron chi connectivity index (χ2n) is 6.23. The molecule has 1 atom stereocenters. The lowest BCUT2D eigenvalue weighted by molar-refractivity contribution is -0.150. The normalized spacial score (nSPS) is 12.4. The summed E-state index contributed by atoms with van der Waals surface area (Å²) in [6.07, 6.45) is -0.157. The third-order valence-electron chi connectivity index (χ3n) is 3.44. The number of carboxylic acid groups (broad SMARTS) is 1. The van der Waals surface area contributed by atoms with Crippen LogP contribution in [0.1, 0.15) is 42.3 Å². The van der Waals surface area contributed by atoms with Crippen LogP contribution in [-0.2, 0) is 26.2 Å². The van der Waals surface area contributed by atoms with Crippen LogP contribution in [-0.4, -0.2) is 35.3 Å². The summed E-state index contributed by atoms with van der Waals surface area (Å²) in [5.74, 6) is -4.38. The Morgan fingerprint density at radius 3 is 2.26 bits per heavy atom. The third-order valence-corrected chi connectivity index (χ3v) is 3.44. The summed E-state index contributed by atoms with van der Waals surface area (Å²) in [6, 6.07) is 4.91. The van der Waals surface area contributed by atoms with Crippen molar-refractivity contribution in [3.05, 3.63) is 34.9 Å². The Morgan fingerprint density at radius 1 is 1.22 bits per heavy atom. The van der Waals surface area contributed by atoms with E-state index in [2.05, 4.69) is 0 Å². The maximum atomic E-state index is 11.8. The summed E-state index contributed by atoms with van der Waals surface area (Å²) in [6.45, 7) is 5.84. The molecule has 126 valence electrons. The molecule has 1 aromatic rings. The first-order valence-electron chi connectivity index (χ1n) is 6.99. The summed E-state index contributed by atoms with van der Waals surface area (Å²) in [5, 5.41) is 17.8. The van der Waals surface area contributed by atoms with Crippen LogP contribution in [0, 0.1) is 5.92 Å². The van der Waals surface area contributed by atoms with Crippen molar-refractivity contribution < 1.29 is 29.4 Å². The summed E-state index contributed by atoms with van der Waals surface area (Å²) in [4.78, 5) is 34.5. The molecule has 1 unspecified atom stereocenters. The van der Waals surface area contributed by atoms with Crippen LogP contribution in [0.5, 0.6) is 0 Å². The molecule has 0 aliphatic carbocycles. The molecule has 0 aromatic heterocycles. The smallest absolute Gasteiger partial charge is 0.337 e. The van der Waals surface area contributed by atoms with Gasteiger partial charge in [0.25, 0.3) is 5.91 Å². The van der Waals surface area contributed by atoms with Gasteiger partial charge in [-0.15, -0.1) is 0 Å². The minimum absolute atomic E-state index is 0.157. The van der Waals surface area contributed by atoms with Gasteiger partial charge < -0.3 is 9.84 Å². The molecule has 0 saturated carbocycles. The number of rotatable bonds is 5. The van der Waals surface area contributed by atoms with Gasteiger partial charge in [-0.25, -0.2) is 10.3 Å². The number of hydroxylamine groups is 1. The first kappa shape index (κ1) is 18.6. The predicted molar refractivity (Wildman–Crippen MR) is 81.2 cm³/mol. The molecule has 0 radical (unpaired) electrons. The zero-order chi connectivity index (χ0) is 17.8. The standard InChI is InChI=1S/C16H21NO6/c1-16(2,3)11-6-9(5-10(8-11)15(21)23-4)7-12(14(19)20)13(18)17-22/h5-6,8,12,22H,7H2,1-4H3,(H,17,18)(H,19,20). The monoisotopic (exact) mass is 323 g/mol. The lowest BCUT2D eigenvalue weighted by Gasteiger charge is -2.21. The molecule has 7 nitrogen and oxygen atoms in total. The van der Waals surface area contributed by atoms with E-state index in [9.17, 15) is 14.4 Å². The molecule has 1 amide bonds. The first-order valence-corrected chi connectivity index (χ1v) is 6.99. The van der Waals surface area contributed by atoms with Crippen molar-refractivity contribution in [3.8, 4) is 0 Å². The van der Waals surface area contributed by atoms with Gasteiger partial charge >= 0.3 is 11.9 Å². The summed E-state index contributed by atoms with van der Waals surface area (Å²) in [7, 11) is 1.25. The third kappa shape index (κ3) is 4.79. The van der Waals surface area contributed by atoms with Crippen molar-refractivity contribution >= 4 is 17.8 Å². The fourth-order valence-electron chi connectivity index (χ4n) is 2.08. The summed E-state index contributed by atoms with van der Waals surface area (Å²) in [5.41, 5.74) is 2.65. The number of carbonyl (C=O) groups excluding carboxylic acids is 2.